The van der Waals surface area contributed by atoms with Crippen LogP contribution in [0.1, 0.15) is 1.43 Å². The molecule has 0 unspecified atom stereocenters. The van der Waals surface area contributed by atoms with Gasteiger partial charge in [0.1, 0.15) is 5.82 Å². The van der Waals surface area contributed by atoms with Crippen LogP contribution < -0.4 is 5.73 Å². The second kappa shape index (κ2) is 1.82. The molecule has 0 aromatic heterocycles. The predicted molar refractivity (Wildman–Crippen MR) is 32.9 cm³/mol. The molecule has 1 aromatic rings. The fourth-order valence-electron chi connectivity index (χ4n) is 0.507. The van der Waals surface area contributed by atoms with E-state index < -0.39 is 0 Å². The van der Waals surface area contributed by atoms with Gasteiger partial charge in [0, 0.05) is 7.11 Å². The molecule has 1 rings (SSSR count). The molecule has 0 heterocycles. The Balaban J connectivity index is 0.000000640. The van der Waals surface area contributed by atoms with Crippen molar-refractivity contribution >= 4 is 5.69 Å². The molecule has 0 bridgehead atoms. The van der Waals surface area contributed by atoms with Crippen molar-refractivity contribution in [2.75, 3.05) is 5.73 Å². The Morgan fingerprint density at radius 2 is 2.25 bits per heavy atom. The highest BCUT2D eigenvalue weighted by atomic mass is 19.1. The van der Waals surface area contributed by atoms with Gasteiger partial charge in [-0.25, -0.2) is 4.39 Å². The van der Waals surface area contributed by atoms with Crippen LogP contribution in [0.5, 0.6) is 0 Å². The monoisotopic (exact) mass is 113 g/mol. The minimum absolute atomic E-state index is 0. The Morgan fingerprint density at radius 1 is 1.50 bits per heavy atom. The summed E-state index contributed by atoms with van der Waals surface area (Å²) in [7, 11) is 0. The van der Waals surface area contributed by atoms with Crippen LogP contribution in [0.15, 0.2) is 24.3 Å². The maximum atomic E-state index is 12.1. The highest BCUT2D eigenvalue weighted by Gasteiger charge is 1.85. The Morgan fingerprint density at radius 3 is 2.62 bits per heavy atom. The van der Waals surface area contributed by atoms with E-state index in [0.717, 1.165) is 0 Å². The van der Waals surface area contributed by atoms with Crippen molar-refractivity contribution < 1.29 is 5.82 Å². The molecule has 0 aliphatic rings. The van der Waals surface area contributed by atoms with Crippen molar-refractivity contribution in [1.82, 2.24) is 0 Å². The first kappa shape index (κ1) is 5.09. The molecule has 0 fully saturated rings. The minimum Gasteiger partial charge on any atom is -0.399 e. The van der Waals surface area contributed by atoms with Crippen LogP contribution in [-0.2, 0) is 0 Å². The number of benzene rings is 1. The maximum absolute atomic E-state index is 12.1. The lowest BCUT2D eigenvalue weighted by Crippen LogP contribution is -1.83. The average Bonchev–Trinajstić information content (AvgIpc) is 1.64. The number of nitrogens with two attached hydrogens (primary N) is 1. The fraction of sp³-hybridized carbons (Fsp3) is 0. The van der Waals surface area contributed by atoms with Gasteiger partial charge in [0.15, 0.2) is 0 Å². The summed E-state index contributed by atoms with van der Waals surface area (Å²) >= 11 is 0. The number of hydrogen-bond donors (Lipinski definition) is 1. The third-order valence-electron chi connectivity index (χ3n) is 0.849. The van der Waals surface area contributed by atoms with Crippen molar-refractivity contribution in [3.63, 3.8) is 0 Å². The zero-order chi connectivity index (χ0) is 5.98. The fourth-order valence-corrected chi connectivity index (χ4v) is 0.507. The largest absolute Gasteiger partial charge is 0.399 e. The molecule has 0 aliphatic carbocycles. The van der Waals surface area contributed by atoms with Gasteiger partial charge in [0.2, 0.25) is 0 Å². The summed E-state index contributed by atoms with van der Waals surface area (Å²) < 4.78 is 12.1. The number of halogens is 1. The summed E-state index contributed by atoms with van der Waals surface area (Å²) in [6.07, 6.45) is 0. The summed E-state index contributed by atoms with van der Waals surface area (Å²) in [5, 5.41) is 0. The Kier molecular flexibility index (Phi) is 1.16. The second-order valence-corrected chi connectivity index (χ2v) is 1.56. The molecule has 0 radical (unpaired) electrons. The smallest absolute Gasteiger partial charge is 0.125 e. The molecule has 0 saturated heterocycles. The van der Waals surface area contributed by atoms with E-state index in [-0.39, 0.29) is 7.24 Å². The van der Waals surface area contributed by atoms with E-state index in [9.17, 15) is 4.39 Å². The first-order valence-corrected chi connectivity index (χ1v) is 2.30. The zero-order valence-electron chi connectivity index (χ0n) is 4.26. The van der Waals surface area contributed by atoms with Crippen molar-refractivity contribution in [3.8, 4) is 0 Å². The lowest BCUT2D eigenvalue weighted by atomic mass is 10.3. The van der Waals surface area contributed by atoms with E-state index in [2.05, 4.69) is 0 Å². The quantitative estimate of drug-likeness (QED) is 0.508. The molecule has 1 aromatic carbocycles. The Hall–Kier alpha value is -1.05. The SMILES string of the molecule is Nc1cccc(F)c1.[HH]. The van der Waals surface area contributed by atoms with Gasteiger partial charge in [0.05, 0.1) is 0 Å². The normalized spacial score (nSPS) is 9.12. The highest BCUT2D eigenvalue weighted by Crippen LogP contribution is 2.02. The number of hydrogen-bond acceptors (Lipinski definition) is 1. The Bertz CT molecular complexity index is 173. The first-order valence-electron chi connectivity index (χ1n) is 2.30. The summed E-state index contributed by atoms with van der Waals surface area (Å²) in [4.78, 5) is 0. The van der Waals surface area contributed by atoms with Crippen molar-refractivity contribution in [1.29, 1.82) is 0 Å². The van der Waals surface area contributed by atoms with Crippen molar-refractivity contribution in [2.24, 2.45) is 0 Å². The van der Waals surface area contributed by atoms with Gasteiger partial charge >= 0.3 is 0 Å². The molecule has 8 heavy (non-hydrogen) atoms. The van der Waals surface area contributed by atoms with Gasteiger partial charge < -0.3 is 5.73 Å². The van der Waals surface area contributed by atoms with Crippen molar-refractivity contribution in [3.05, 3.63) is 30.1 Å². The standard InChI is InChI=1S/C6H6FN.H2/c7-5-2-1-3-6(8)4-5;/h1-4H,8H2;1H. The molecular weight excluding hydrogens is 105 g/mol. The highest BCUT2D eigenvalue weighted by molar-refractivity contribution is 5.36. The maximum Gasteiger partial charge on any atom is 0.125 e. The van der Waals surface area contributed by atoms with Gasteiger partial charge in [-0.2, -0.15) is 0 Å². The molecular formula is C6H8FN. The minimum atomic E-state index is -0.287. The molecule has 1 nitrogen and oxygen atoms in total. The molecule has 0 atom stereocenters. The van der Waals surface area contributed by atoms with Crippen LogP contribution in [0.4, 0.5) is 10.1 Å². The van der Waals surface area contributed by atoms with Crippen LogP contribution >= 0.6 is 0 Å². The van der Waals surface area contributed by atoms with E-state index in [1.807, 2.05) is 0 Å². The summed E-state index contributed by atoms with van der Waals surface area (Å²) in [6.45, 7) is 0. The van der Waals surface area contributed by atoms with Crippen molar-refractivity contribution in [2.45, 2.75) is 0 Å². The van der Waals surface area contributed by atoms with Gasteiger partial charge in [-0.3, -0.25) is 0 Å². The molecule has 0 amide bonds. The third-order valence-corrected chi connectivity index (χ3v) is 0.849. The van der Waals surface area contributed by atoms with E-state index in [1.54, 1.807) is 12.1 Å². The van der Waals surface area contributed by atoms with Crippen LogP contribution in [-0.4, -0.2) is 0 Å². The van der Waals surface area contributed by atoms with Gasteiger partial charge in [0.25, 0.3) is 0 Å². The lowest BCUT2D eigenvalue weighted by molar-refractivity contribution is 0.628. The number of anilines is 1. The average molecular weight is 113 g/mol. The summed E-state index contributed by atoms with van der Waals surface area (Å²) in [6, 6.07) is 5.85. The number of rotatable bonds is 0. The van der Waals surface area contributed by atoms with Gasteiger partial charge in [-0.15, -0.1) is 0 Å². The summed E-state index contributed by atoms with van der Waals surface area (Å²) in [5.74, 6) is -0.287. The lowest BCUT2D eigenvalue weighted by Gasteiger charge is -1.88. The van der Waals surface area contributed by atoms with Crippen LogP contribution in [0, 0.1) is 5.82 Å². The second-order valence-electron chi connectivity index (χ2n) is 1.56. The van der Waals surface area contributed by atoms with Crippen LogP contribution in [0.3, 0.4) is 0 Å². The molecule has 0 spiro atoms. The van der Waals surface area contributed by atoms with Crippen LogP contribution in [0.25, 0.3) is 0 Å². The molecule has 44 valence electrons. The third kappa shape index (κ3) is 0.964. The predicted octanol–water partition coefficient (Wildman–Crippen LogP) is 1.65. The Labute approximate surface area is 48.4 Å². The van der Waals surface area contributed by atoms with E-state index in [4.69, 9.17) is 5.73 Å². The zero-order valence-corrected chi connectivity index (χ0v) is 4.26. The van der Waals surface area contributed by atoms with E-state index >= 15 is 0 Å². The van der Waals surface area contributed by atoms with Gasteiger partial charge in [-0.1, -0.05) is 6.07 Å². The molecule has 2 heteroatoms. The van der Waals surface area contributed by atoms with E-state index in [1.165, 1.54) is 12.1 Å². The topological polar surface area (TPSA) is 26.0 Å². The van der Waals surface area contributed by atoms with Crippen LogP contribution in [0.2, 0.25) is 0 Å². The number of nitrogen functional groups attached to an aromatic ring is 1. The molecule has 2 N–H and O–H groups in total. The van der Waals surface area contributed by atoms with Gasteiger partial charge in [-0.05, 0) is 18.2 Å². The first-order chi connectivity index (χ1) is 3.79. The molecule has 0 saturated carbocycles. The van der Waals surface area contributed by atoms with E-state index in [0.29, 0.717) is 5.69 Å². The summed E-state index contributed by atoms with van der Waals surface area (Å²) in [5.41, 5.74) is 5.68. The molecule has 0 aliphatic heterocycles.